The molecule has 2 heteroatoms. The molecule has 0 aromatic rings. The fraction of sp³-hybridized carbons (Fsp3) is 1.00. The summed E-state index contributed by atoms with van der Waals surface area (Å²) in [5, 5.41) is 0. The highest BCUT2D eigenvalue weighted by Gasteiger charge is 2.25. The van der Waals surface area contributed by atoms with Gasteiger partial charge in [0.05, 0.1) is 11.7 Å². The van der Waals surface area contributed by atoms with Gasteiger partial charge in [-0.1, -0.05) is 27.2 Å². The van der Waals surface area contributed by atoms with Gasteiger partial charge >= 0.3 is 0 Å². The molecule has 0 aliphatic carbocycles. The largest absolute Gasteiger partial charge is 0.371 e. The van der Waals surface area contributed by atoms with E-state index >= 15 is 0 Å². The van der Waals surface area contributed by atoms with Crippen molar-refractivity contribution < 1.29 is 4.74 Å². The van der Waals surface area contributed by atoms with Crippen LogP contribution in [0.4, 0.5) is 0 Å². The van der Waals surface area contributed by atoms with Crippen LogP contribution in [0.3, 0.4) is 0 Å². The third-order valence-corrected chi connectivity index (χ3v) is 3.00. The smallest absolute Gasteiger partial charge is 0.0706 e. The molecule has 0 saturated heterocycles. The first-order chi connectivity index (χ1) is 6.97. The van der Waals surface area contributed by atoms with Crippen molar-refractivity contribution in [2.45, 2.75) is 65.1 Å². The number of hydrogen-bond acceptors (Lipinski definition) is 2. The van der Waals surface area contributed by atoms with Gasteiger partial charge in [0, 0.05) is 6.54 Å². The number of hydrogen-bond donors (Lipinski definition) is 0. The molecule has 0 radical (unpaired) electrons. The lowest BCUT2D eigenvalue weighted by Gasteiger charge is -2.34. The molecule has 92 valence electrons. The van der Waals surface area contributed by atoms with Crippen LogP contribution in [0.15, 0.2) is 0 Å². The van der Waals surface area contributed by atoms with Crippen molar-refractivity contribution in [2.75, 3.05) is 20.6 Å². The first kappa shape index (κ1) is 14.9. The van der Waals surface area contributed by atoms with Crippen LogP contribution in [0.1, 0.15) is 53.4 Å². The molecular weight excluding hydrogens is 186 g/mol. The number of nitrogens with zero attached hydrogens (tertiary/aromatic N) is 1. The molecule has 0 aromatic heterocycles. The Morgan fingerprint density at radius 1 is 1.20 bits per heavy atom. The molecule has 0 bridgehead atoms. The van der Waals surface area contributed by atoms with E-state index in [4.69, 9.17) is 4.74 Å². The summed E-state index contributed by atoms with van der Waals surface area (Å²) in [6, 6.07) is 0. The zero-order valence-electron chi connectivity index (χ0n) is 11.5. The summed E-state index contributed by atoms with van der Waals surface area (Å²) in [5.74, 6) is 0. The fourth-order valence-electron chi connectivity index (χ4n) is 1.91. The second-order valence-corrected chi connectivity index (χ2v) is 4.96. The monoisotopic (exact) mass is 215 g/mol. The molecule has 0 heterocycles. The average molecular weight is 215 g/mol. The lowest BCUT2D eigenvalue weighted by atomic mass is 9.96. The Bertz CT molecular complexity index is 159. The van der Waals surface area contributed by atoms with Gasteiger partial charge < -0.3 is 9.64 Å². The van der Waals surface area contributed by atoms with Crippen LogP contribution in [-0.4, -0.2) is 37.2 Å². The summed E-state index contributed by atoms with van der Waals surface area (Å²) in [5.41, 5.74) is 0.0748. The highest BCUT2D eigenvalue weighted by molar-refractivity contribution is 4.75. The van der Waals surface area contributed by atoms with Crippen molar-refractivity contribution in [1.82, 2.24) is 4.90 Å². The van der Waals surface area contributed by atoms with Gasteiger partial charge in [0.15, 0.2) is 0 Å². The molecule has 0 spiro atoms. The Hall–Kier alpha value is -0.0800. The predicted octanol–water partition coefficient (Wildman–Crippen LogP) is 3.31. The third kappa shape index (κ3) is 6.16. The molecule has 0 aromatic carbocycles. The Balaban J connectivity index is 4.22. The Morgan fingerprint density at radius 3 is 2.13 bits per heavy atom. The lowest BCUT2D eigenvalue weighted by molar-refractivity contribution is -0.0971. The highest BCUT2D eigenvalue weighted by atomic mass is 16.5. The van der Waals surface area contributed by atoms with Gasteiger partial charge in [-0.05, 0) is 40.3 Å². The van der Waals surface area contributed by atoms with Gasteiger partial charge in [-0.25, -0.2) is 0 Å². The minimum absolute atomic E-state index is 0.0748. The van der Waals surface area contributed by atoms with E-state index in [0.717, 1.165) is 25.8 Å². The maximum absolute atomic E-state index is 6.25. The van der Waals surface area contributed by atoms with Gasteiger partial charge in [-0.15, -0.1) is 0 Å². The number of ether oxygens (including phenoxy) is 1. The quantitative estimate of drug-likeness (QED) is 0.616. The van der Waals surface area contributed by atoms with E-state index in [-0.39, 0.29) is 5.60 Å². The first-order valence-corrected chi connectivity index (χ1v) is 6.30. The molecule has 0 aliphatic rings. The maximum Gasteiger partial charge on any atom is 0.0706 e. The van der Waals surface area contributed by atoms with Crippen LogP contribution in [0.5, 0.6) is 0 Å². The molecule has 0 rings (SSSR count). The van der Waals surface area contributed by atoms with Crippen molar-refractivity contribution in [2.24, 2.45) is 0 Å². The molecule has 0 fully saturated rings. The Kier molecular flexibility index (Phi) is 7.20. The molecule has 0 amide bonds. The normalized spacial score (nSPS) is 17.8. The SMILES string of the molecule is CCCC(C)(CC)OC(CC)CN(C)C. The molecule has 0 N–H and O–H groups in total. The molecule has 0 aliphatic heterocycles. The van der Waals surface area contributed by atoms with Crippen LogP contribution in [0, 0.1) is 0 Å². The molecular formula is C13H29NO. The van der Waals surface area contributed by atoms with Gasteiger partial charge in [0.1, 0.15) is 0 Å². The van der Waals surface area contributed by atoms with Crippen LogP contribution >= 0.6 is 0 Å². The first-order valence-electron chi connectivity index (χ1n) is 6.30. The Labute approximate surface area is 96.0 Å². The van der Waals surface area contributed by atoms with Gasteiger partial charge in [-0.2, -0.15) is 0 Å². The minimum atomic E-state index is 0.0748. The molecule has 2 unspecified atom stereocenters. The average Bonchev–Trinajstić information content (AvgIpc) is 2.16. The fourth-order valence-corrected chi connectivity index (χ4v) is 1.91. The molecule has 2 atom stereocenters. The van der Waals surface area contributed by atoms with Crippen molar-refractivity contribution >= 4 is 0 Å². The molecule has 2 nitrogen and oxygen atoms in total. The predicted molar refractivity (Wildman–Crippen MR) is 67.3 cm³/mol. The van der Waals surface area contributed by atoms with Crippen LogP contribution < -0.4 is 0 Å². The van der Waals surface area contributed by atoms with E-state index < -0.39 is 0 Å². The van der Waals surface area contributed by atoms with Gasteiger partial charge in [0.2, 0.25) is 0 Å². The van der Waals surface area contributed by atoms with Crippen LogP contribution in [0.2, 0.25) is 0 Å². The minimum Gasteiger partial charge on any atom is -0.371 e. The highest BCUT2D eigenvalue weighted by Crippen LogP contribution is 2.24. The van der Waals surface area contributed by atoms with Crippen molar-refractivity contribution in [3.8, 4) is 0 Å². The number of likely N-dealkylation sites (N-methyl/N-ethyl adjacent to an activating group) is 1. The zero-order chi connectivity index (χ0) is 11.9. The third-order valence-electron chi connectivity index (χ3n) is 3.00. The molecule has 15 heavy (non-hydrogen) atoms. The van der Waals surface area contributed by atoms with E-state index in [9.17, 15) is 0 Å². The summed E-state index contributed by atoms with van der Waals surface area (Å²) in [7, 11) is 4.21. The summed E-state index contributed by atoms with van der Waals surface area (Å²) >= 11 is 0. The van der Waals surface area contributed by atoms with E-state index in [1.165, 1.54) is 6.42 Å². The molecule has 0 saturated carbocycles. The maximum atomic E-state index is 6.25. The van der Waals surface area contributed by atoms with Crippen LogP contribution in [-0.2, 0) is 4.74 Å². The standard InChI is InChI=1S/C13H29NO/c1-7-10-13(4,9-3)15-12(8-2)11-14(5)6/h12H,7-11H2,1-6H3. The second kappa shape index (κ2) is 7.24. The van der Waals surface area contributed by atoms with E-state index in [1.54, 1.807) is 0 Å². The van der Waals surface area contributed by atoms with Crippen molar-refractivity contribution in [1.29, 1.82) is 0 Å². The van der Waals surface area contributed by atoms with Crippen LogP contribution in [0.25, 0.3) is 0 Å². The zero-order valence-corrected chi connectivity index (χ0v) is 11.5. The number of rotatable bonds is 8. The summed E-state index contributed by atoms with van der Waals surface area (Å²) in [6.45, 7) is 9.92. The van der Waals surface area contributed by atoms with Crippen molar-refractivity contribution in [3.63, 3.8) is 0 Å². The Morgan fingerprint density at radius 2 is 1.80 bits per heavy atom. The summed E-state index contributed by atoms with van der Waals surface area (Å²) in [4.78, 5) is 2.20. The lowest BCUT2D eigenvalue weighted by Crippen LogP contribution is -2.37. The van der Waals surface area contributed by atoms with Crippen molar-refractivity contribution in [3.05, 3.63) is 0 Å². The summed E-state index contributed by atoms with van der Waals surface area (Å²) < 4.78 is 6.25. The van der Waals surface area contributed by atoms with E-state index in [2.05, 4.69) is 46.7 Å². The topological polar surface area (TPSA) is 12.5 Å². The van der Waals surface area contributed by atoms with E-state index in [0.29, 0.717) is 6.10 Å². The second-order valence-electron chi connectivity index (χ2n) is 4.96. The summed E-state index contributed by atoms with van der Waals surface area (Å²) in [6.07, 6.45) is 4.93. The van der Waals surface area contributed by atoms with E-state index in [1.807, 2.05) is 0 Å². The van der Waals surface area contributed by atoms with Gasteiger partial charge in [0.25, 0.3) is 0 Å². The van der Waals surface area contributed by atoms with Gasteiger partial charge in [-0.3, -0.25) is 0 Å².